The van der Waals surface area contributed by atoms with Crippen LogP contribution in [0.3, 0.4) is 0 Å². The molecule has 0 aromatic rings. The smallest absolute Gasteiger partial charge is 0.242 e. The van der Waals surface area contributed by atoms with Crippen molar-refractivity contribution < 1.29 is 9.59 Å². The maximum Gasteiger partial charge on any atom is 0.242 e. The Morgan fingerprint density at radius 3 is 2.47 bits per heavy atom. The Morgan fingerprint density at radius 1 is 1.53 bits per heavy atom. The minimum absolute atomic E-state index is 0.0561. The van der Waals surface area contributed by atoms with E-state index in [2.05, 4.69) is 5.32 Å². The van der Waals surface area contributed by atoms with E-state index in [1.54, 1.807) is 4.90 Å². The van der Waals surface area contributed by atoms with Crippen LogP contribution in [0.4, 0.5) is 0 Å². The van der Waals surface area contributed by atoms with Gasteiger partial charge in [-0.1, -0.05) is 6.92 Å². The van der Waals surface area contributed by atoms with Crippen molar-refractivity contribution >= 4 is 11.8 Å². The molecule has 0 bridgehead atoms. The predicted molar refractivity (Wildman–Crippen MR) is 57.1 cm³/mol. The van der Waals surface area contributed by atoms with E-state index in [-0.39, 0.29) is 5.91 Å². The Morgan fingerprint density at radius 2 is 2.13 bits per heavy atom. The van der Waals surface area contributed by atoms with Crippen molar-refractivity contribution in [3.8, 4) is 0 Å². The maximum atomic E-state index is 12.0. The van der Waals surface area contributed by atoms with E-state index >= 15 is 0 Å². The number of likely N-dealkylation sites (N-methyl/N-ethyl adjacent to an activating group) is 1. The first kappa shape index (κ1) is 12.0. The van der Waals surface area contributed by atoms with Crippen molar-refractivity contribution in [1.29, 1.82) is 0 Å². The lowest BCUT2D eigenvalue weighted by molar-refractivity contribution is -0.150. The summed E-state index contributed by atoms with van der Waals surface area (Å²) in [5.74, 6) is -0.471. The second-order valence-electron chi connectivity index (χ2n) is 4.36. The van der Waals surface area contributed by atoms with Gasteiger partial charge in [0.1, 0.15) is 6.04 Å². The van der Waals surface area contributed by atoms with Crippen molar-refractivity contribution in [1.82, 2.24) is 10.2 Å². The van der Waals surface area contributed by atoms with Crippen LogP contribution in [0, 0.1) is 0 Å². The summed E-state index contributed by atoms with van der Waals surface area (Å²) in [5, 5.41) is 3.09. The van der Waals surface area contributed by atoms with Gasteiger partial charge in [0.25, 0.3) is 0 Å². The van der Waals surface area contributed by atoms with Gasteiger partial charge in [-0.3, -0.25) is 9.59 Å². The van der Waals surface area contributed by atoms with Gasteiger partial charge in [0.15, 0.2) is 0 Å². The van der Waals surface area contributed by atoms with E-state index in [0.29, 0.717) is 19.5 Å². The normalized spacial score (nSPS) is 21.0. The molecule has 2 amide bonds. The zero-order valence-corrected chi connectivity index (χ0v) is 9.54. The number of amides is 2. The average molecular weight is 213 g/mol. The molecule has 1 fully saturated rings. The number of likely N-dealkylation sites (tertiary alicyclic amines) is 1. The fraction of sp³-hybridized carbons (Fsp3) is 0.800. The van der Waals surface area contributed by atoms with Crippen LogP contribution < -0.4 is 11.1 Å². The summed E-state index contributed by atoms with van der Waals surface area (Å²) >= 11 is 0. The quantitative estimate of drug-likeness (QED) is 0.658. The lowest BCUT2D eigenvalue weighted by Crippen LogP contribution is -2.64. The summed E-state index contributed by atoms with van der Waals surface area (Å²) < 4.78 is 0. The number of hydrogen-bond acceptors (Lipinski definition) is 3. The fourth-order valence-corrected chi connectivity index (χ4v) is 1.80. The monoisotopic (exact) mass is 213 g/mol. The van der Waals surface area contributed by atoms with Crippen LogP contribution >= 0.6 is 0 Å². The first-order valence-corrected chi connectivity index (χ1v) is 5.25. The zero-order valence-electron chi connectivity index (χ0n) is 9.54. The topological polar surface area (TPSA) is 75.4 Å². The molecule has 1 aliphatic rings. The standard InChI is InChI=1S/C10H19N3O2/c1-4-12-10(2,3)9(15)13-6-5-7(13)8(11)14/h7,12H,4-6H2,1-3H3,(H2,11,14). The SMILES string of the molecule is CCNC(C)(C)C(=O)N1CCC1C(N)=O. The highest BCUT2D eigenvalue weighted by Crippen LogP contribution is 2.21. The number of primary amides is 1. The molecule has 1 atom stereocenters. The van der Waals surface area contributed by atoms with Crippen LogP contribution in [0.5, 0.6) is 0 Å². The fourth-order valence-electron chi connectivity index (χ4n) is 1.80. The van der Waals surface area contributed by atoms with E-state index in [9.17, 15) is 9.59 Å². The third-order valence-corrected chi connectivity index (χ3v) is 2.76. The molecule has 1 saturated heterocycles. The number of carbonyl (C=O) groups excluding carboxylic acids is 2. The molecular formula is C10H19N3O2. The van der Waals surface area contributed by atoms with Crippen molar-refractivity contribution in [2.75, 3.05) is 13.1 Å². The summed E-state index contributed by atoms with van der Waals surface area (Å²) in [7, 11) is 0. The molecule has 3 N–H and O–H groups in total. The Kier molecular flexibility index (Phi) is 3.34. The van der Waals surface area contributed by atoms with E-state index in [1.165, 1.54) is 0 Å². The van der Waals surface area contributed by atoms with Gasteiger partial charge in [-0.15, -0.1) is 0 Å². The Bertz CT molecular complexity index is 276. The molecule has 1 rings (SSSR count). The van der Waals surface area contributed by atoms with Crippen LogP contribution in [0.15, 0.2) is 0 Å². The molecule has 1 aliphatic heterocycles. The molecule has 86 valence electrons. The largest absolute Gasteiger partial charge is 0.368 e. The van der Waals surface area contributed by atoms with Gasteiger partial charge < -0.3 is 16.0 Å². The summed E-state index contributed by atoms with van der Waals surface area (Å²) in [4.78, 5) is 24.5. The second-order valence-corrected chi connectivity index (χ2v) is 4.36. The number of rotatable bonds is 4. The second kappa shape index (κ2) is 4.18. The third kappa shape index (κ3) is 2.28. The molecule has 1 unspecified atom stereocenters. The molecule has 15 heavy (non-hydrogen) atoms. The van der Waals surface area contributed by atoms with Gasteiger partial charge in [0.2, 0.25) is 11.8 Å². The van der Waals surface area contributed by atoms with Gasteiger partial charge in [-0.25, -0.2) is 0 Å². The van der Waals surface area contributed by atoms with E-state index in [1.807, 2.05) is 20.8 Å². The molecule has 0 spiro atoms. The van der Waals surface area contributed by atoms with Crippen LogP contribution in [0.1, 0.15) is 27.2 Å². The highest BCUT2D eigenvalue weighted by atomic mass is 16.2. The van der Waals surface area contributed by atoms with Gasteiger partial charge in [0.05, 0.1) is 5.54 Å². The van der Waals surface area contributed by atoms with Crippen molar-refractivity contribution in [3.05, 3.63) is 0 Å². The summed E-state index contributed by atoms with van der Waals surface area (Å²) in [6.07, 6.45) is 0.684. The first-order chi connectivity index (χ1) is 6.90. The van der Waals surface area contributed by atoms with Crippen LogP contribution in [-0.4, -0.2) is 41.4 Å². The number of nitrogens with one attached hydrogen (secondary N) is 1. The molecule has 0 aliphatic carbocycles. The molecule has 0 aromatic carbocycles. The number of hydrogen-bond donors (Lipinski definition) is 2. The predicted octanol–water partition coefficient (Wildman–Crippen LogP) is -0.539. The zero-order chi connectivity index (χ0) is 11.6. The molecule has 0 radical (unpaired) electrons. The van der Waals surface area contributed by atoms with Crippen molar-refractivity contribution in [2.45, 2.75) is 38.8 Å². The molecule has 0 saturated carbocycles. The number of nitrogens with two attached hydrogens (primary N) is 1. The van der Waals surface area contributed by atoms with E-state index in [0.717, 1.165) is 0 Å². The Hall–Kier alpha value is -1.10. The molecule has 1 heterocycles. The summed E-state index contributed by atoms with van der Waals surface area (Å²) in [5.41, 5.74) is 4.57. The average Bonchev–Trinajstić information content (AvgIpc) is 2.00. The van der Waals surface area contributed by atoms with Crippen molar-refractivity contribution in [2.24, 2.45) is 5.73 Å². The van der Waals surface area contributed by atoms with Gasteiger partial charge in [-0.2, -0.15) is 0 Å². The minimum atomic E-state index is -0.622. The highest BCUT2D eigenvalue weighted by Gasteiger charge is 2.41. The lowest BCUT2D eigenvalue weighted by Gasteiger charge is -2.43. The summed E-state index contributed by atoms with van der Waals surface area (Å²) in [6.45, 7) is 6.91. The van der Waals surface area contributed by atoms with Gasteiger partial charge >= 0.3 is 0 Å². The van der Waals surface area contributed by atoms with Gasteiger partial charge in [-0.05, 0) is 26.8 Å². The van der Waals surface area contributed by atoms with Crippen LogP contribution in [-0.2, 0) is 9.59 Å². The molecule has 5 nitrogen and oxygen atoms in total. The van der Waals surface area contributed by atoms with Crippen LogP contribution in [0.25, 0.3) is 0 Å². The third-order valence-electron chi connectivity index (χ3n) is 2.76. The van der Waals surface area contributed by atoms with Crippen molar-refractivity contribution in [3.63, 3.8) is 0 Å². The first-order valence-electron chi connectivity index (χ1n) is 5.25. The lowest BCUT2D eigenvalue weighted by atomic mass is 9.95. The minimum Gasteiger partial charge on any atom is -0.368 e. The van der Waals surface area contributed by atoms with E-state index < -0.39 is 17.5 Å². The number of nitrogens with zero attached hydrogens (tertiary/aromatic N) is 1. The Labute approximate surface area is 90.0 Å². The van der Waals surface area contributed by atoms with E-state index in [4.69, 9.17) is 5.73 Å². The molecule has 5 heteroatoms. The molecular weight excluding hydrogens is 194 g/mol. The summed E-state index contributed by atoms with van der Waals surface area (Å²) in [6, 6.07) is -0.407. The van der Waals surface area contributed by atoms with Gasteiger partial charge in [0, 0.05) is 6.54 Å². The highest BCUT2D eigenvalue weighted by molar-refractivity contribution is 5.92. The van der Waals surface area contributed by atoms with Crippen LogP contribution in [0.2, 0.25) is 0 Å². The maximum absolute atomic E-state index is 12.0. The Balaban J connectivity index is 2.65. The number of carbonyl (C=O) groups is 2. The molecule has 0 aromatic heterocycles.